The van der Waals surface area contributed by atoms with Crippen LogP contribution in [-0.4, -0.2) is 24.7 Å². The van der Waals surface area contributed by atoms with Crippen LogP contribution in [-0.2, 0) is 0 Å². The van der Waals surface area contributed by atoms with Crippen molar-refractivity contribution in [2.45, 2.75) is 25.4 Å². The number of rotatable bonds is 2. The van der Waals surface area contributed by atoms with E-state index in [-0.39, 0.29) is 0 Å². The average molecular weight is 241 g/mol. The minimum atomic E-state index is 0.424. The van der Waals surface area contributed by atoms with Crippen LogP contribution in [0.5, 0.6) is 0 Å². The molecule has 0 unspecified atom stereocenters. The lowest BCUT2D eigenvalue weighted by Gasteiger charge is -2.33. The normalized spacial score (nSPS) is 19.9. The molecule has 1 aliphatic rings. The molecule has 1 N–H and O–H groups in total. The van der Waals surface area contributed by atoms with Gasteiger partial charge in [-0.05, 0) is 44.0 Å². The lowest BCUT2D eigenvalue weighted by molar-refractivity contribution is 0.396. The fourth-order valence-corrected chi connectivity index (χ4v) is 2.58. The van der Waals surface area contributed by atoms with Gasteiger partial charge in [0.1, 0.15) is 5.82 Å². The van der Waals surface area contributed by atoms with Crippen LogP contribution in [0.4, 0.5) is 5.82 Å². The largest absolute Gasteiger partial charge is 0.344 e. The fraction of sp³-hybridized carbons (Fsp3) is 0.400. The molecular weight excluding hydrogens is 222 g/mol. The summed E-state index contributed by atoms with van der Waals surface area (Å²) >= 11 is 0. The second-order valence-corrected chi connectivity index (χ2v) is 4.94. The maximum absolute atomic E-state index is 4.74. The van der Waals surface area contributed by atoms with E-state index in [4.69, 9.17) is 4.98 Å². The summed E-state index contributed by atoms with van der Waals surface area (Å²) in [4.78, 5) is 6.99. The molecule has 0 amide bonds. The molecule has 1 fully saturated rings. The number of pyridine rings is 1. The van der Waals surface area contributed by atoms with E-state index in [1.54, 1.807) is 0 Å². The maximum Gasteiger partial charge on any atom is 0.130 e. The Morgan fingerprint density at radius 1 is 1.17 bits per heavy atom. The minimum Gasteiger partial charge on any atom is -0.344 e. The summed E-state index contributed by atoms with van der Waals surface area (Å²) in [5, 5.41) is 4.75. The number of hydrogen-bond donors (Lipinski definition) is 1. The summed E-state index contributed by atoms with van der Waals surface area (Å²) in [5.41, 5.74) is 1.07. The second-order valence-electron chi connectivity index (χ2n) is 4.94. The van der Waals surface area contributed by atoms with Gasteiger partial charge in [0, 0.05) is 12.4 Å². The van der Waals surface area contributed by atoms with E-state index in [1.807, 2.05) is 6.07 Å². The predicted molar refractivity (Wildman–Crippen MR) is 75.8 cm³/mol. The van der Waals surface area contributed by atoms with Crippen molar-refractivity contribution in [1.82, 2.24) is 10.3 Å². The zero-order chi connectivity index (χ0) is 12.4. The molecule has 1 aliphatic heterocycles. The van der Waals surface area contributed by atoms with E-state index in [9.17, 15) is 0 Å². The average Bonchev–Trinajstić information content (AvgIpc) is 2.47. The van der Waals surface area contributed by atoms with E-state index in [2.05, 4.69) is 47.6 Å². The molecule has 0 spiro atoms. The van der Waals surface area contributed by atoms with Crippen LogP contribution in [0.25, 0.3) is 10.9 Å². The second kappa shape index (κ2) is 4.94. The third kappa shape index (κ3) is 2.18. The van der Waals surface area contributed by atoms with Gasteiger partial charge in [0.15, 0.2) is 0 Å². The van der Waals surface area contributed by atoms with E-state index in [0.29, 0.717) is 6.17 Å². The van der Waals surface area contributed by atoms with Crippen LogP contribution in [0.3, 0.4) is 0 Å². The van der Waals surface area contributed by atoms with Gasteiger partial charge in [0.05, 0.1) is 11.7 Å². The van der Waals surface area contributed by atoms with Crippen molar-refractivity contribution >= 4 is 16.7 Å². The highest BCUT2D eigenvalue weighted by molar-refractivity contribution is 5.80. The molecular formula is C15H19N3. The zero-order valence-corrected chi connectivity index (χ0v) is 10.8. The first kappa shape index (κ1) is 11.5. The molecule has 0 aliphatic carbocycles. The number of nitrogens with one attached hydrogen (secondary N) is 1. The van der Waals surface area contributed by atoms with Gasteiger partial charge >= 0.3 is 0 Å². The Hall–Kier alpha value is -1.61. The lowest BCUT2D eigenvalue weighted by Crippen LogP contribution is -2.46. The summed E-state index contributed by atoms with van der Waals surface area (Å²) in [7, 11) is 2.13. The van der Waals surface area contributed by atoms with Crippen molar-refractivity contribution in [2.75, 3.05) is 18.5 Å². The van der Waals surface area contributed by atoms with Crippen LogP contribution >= 0.6 is 0 Å². The number of anilines is 1. The van der Waals surface area contributed by atoms with Gasteiger partial charge in [-0.25, -0.2) is 4.98 Å². The molecule has 1 saturated heterocycles. The molecule has 0 bridgehead atoms. The van der Waals surface area contributed by atoms with Crippen molar-refractivity contribution in [1.29, 1.82) is 0 Å². The Bertz CT molecular complexity index is 532. The van der Waals surface area contributed by atoms with Gasteiger partial charge in [-0.3, -0.25) is 5.32 Å². The zero-order valence-electron chi connectivity index (χ0n) is 10.8. The predicted octanol–water partition coefficient (Wildman–Crippen LogP) is 2.77. The van der Waals surface area contributed by atoms with Crippen LogP contribution < -0.4 is 10.2 Å². The molecule has 1 aromatic heterocycles. The minimum absolute atomic E-state index is 0.424. The molecule has 2 heterocycles. The van der Waals surface area contributed by atoms with Gasteiger partial charge in [-0.1, -0.05) is 18.2 Å². The fourth-order valence-electron chi connectivity index (χ4n) is 2.58. The highest BCUT2D eigenvalue weighted by Gasteiger charge is 2.18. The summed E-state index contributed by atoms with van der Waals surface area (Å²) in [6, 6.07) is 12.5. The van der Waals surface area contributed by atoms with Crippen molar-refractivity contribution in [3.63, 3.8) is 0 Å². The molecule has 1 aromatic carbocycles. The smallest absolute Gasteiger partial charge is 0.130 e. The molecule has 3 rings (SSSR count). The third-order valence-corrected chi connectivity index (χ3v) is 3.70. The van der Waals surface area contributed by atoms with E-state index in [0.717, 1.165) is 17.9 Å². The van der Waals surface area contributed by atoms with Gasteiger partial charge < -0.3 is 4.90 Å². The third-order valence-electron chi connectivity index (χ3n) is 3.70. The van der Waals surface area contributed by atoms with Gasteiger partial charge in [0.25, 0.3) is 0 Å². The molecule has 2 aromatic rings. The van der Waals surface area contributed by atoms with Crippen LogP contribution in [0, 0.1) is 0 Å². The summed E-state index contributed by atoms with van der Waals surface area (Å²) in [6.45, 7) is 1.11. The Kier molecular flexibility index (Phi) is 3.15. The maximum atomic E-state index is 4.74. The first-order valence-corrected chi connectivity index (χ1v) is 6.66. The molecule has 0 radical (unpaired) electrons. The molecule has 1 atom stereocenters. The number of fused-ring (bicyclic) bond motifs is 1. The van der Waals surface area contributed by atoms with Crippen LogP contribution in [0.1, 0.15) is 19.3 Å². The molecule has 94 valence electrons. The van der Waals surface area contributed by atoms with Gasteiger partial charge in [0.2, 0.25) is 0 Å². The number of aromatic nitrogens is 1. The number of benzene rings is 1. The number of nitrogens with zero attached hydrogens (tertiary/aromatic N) is 2. The number of para-hydroxylation sites is 1. The summed E-state index contributed by atoms with van der Waals surface area (Å²) < 4.78 is 0. The number of piperidine rings is 1. The Labute approximate surface area is 108 Å². The van der Waals surface area contributed by atoms with Crippen molar-refractivity contribution in [3.05, 3.63) is 36.4 Å². The Balaban J connectivity index is 1.88. The first-order chi connectivity index (χ1) is 8.84. The quantitative estimate of drug-likeness (QED) is 0.876. The van der Waals surface area contributed by atoms with Gasteiger partial charge in [-0.15, -0.1) is 0 Å². The van der Waals surface area contributed by atoms with E-state index >= 15 is 0 Å². The Morgan fingerprint density at radius 2 is 2.06 bits per heavy atom. The lowest BCUT2D eigenvalue weighted by atomic mass is 10.1. The Morgan fingerprint density at radius 3 is 2.89 bits per heavy atom. The van der Waals surface area contributed by atoms with Crippen molar-refractivity contribution < 1.29 is 0 Å². The van der Waals surface area contributed by atoms with Crippen LogP contribution in [0.15, 0.2) is 36.4 Å². The van der Waals surface area contributed by atoms with Crippen molar-refractivity contribution in [2.24, 2.45) is 0 Å². The summed E-state index contributed by atoms with van der Waals surface area (Å²) in [6.07, 6.45) is 4.21. The van der Waals surface area contributed by atoms with Crippen LogP contribution in [0.2, 0.25) is 0 Å². The molecule has 18 heavy (non-hydrogen) atoms. The SMILES string of the molecule is CN(c1ccc2ccccc2n1)[C@H]1CCCCN1. The van der Waals surface area contributed by atoms with E-state index in [1.165, 1.54) is 24.6 Å². The summed E-state index contributed by atoms with van der Waals surface area (Å²) in [5.74, 6) is 1.05. The molecule has 3 nitrogen and oxygen atoms in total. The van der Waals surface area contributed by atoms with E-state index < -0.39 is 0 Å². The topological polar surface area (TPSA) is 28.2 Å². The molecule has 3 heteroatoms. The number of hydrogen-bond acceptors (Lipinski definition) is 3. The van der Waals surface area contributed by atoms with Crippen molar-refractivity contribution in [3.8, 4) is 0 Å². The first-order valence-electron chi connectivity index (χ1n) is 6.66. The molecule has 0 saturated carbocycles. The highest BCUT2D eigenvalue weighted by atomic mass is 15.3. The monoisotopic (exact) mass is 241 g/mol. The highest BCUT2D eigenvalue weighted by Crippen LogP contribution is 2.20. The van der Waals surface area contributed by atoms with Gasteiger partial charge in [-0.2, -0.15) is 0 Å². The standard InChI is InChI=1S/C15H19N3/c1-18(14-8-4-5-11-16-14)15-10-9-12-6-2-3-7-13(12)17-15/h2-3,6-7,9-10,14,16H,4-5,8,11H2,1H3/t14-/m0/s1.